The largest absolute Gasteiger partial charge is 0.508 e. The summed E-state index contributed by atoms with van der Waals surface area (Å²) in [4.78, 5) is 12.6. The number of phenols is 1. The van der Waals surface area contributed by atoms with E-state index in [9.17, 15) is 9.90 Å². The van der Waals surface area contributed by atoms with Crippen molar-refractivity contribution in [2.75, 3.05) is 5.32 Å². The number of carbonyl (C=O) groups is 1. The van der Waals surface area contributed by atoms with E-state index in [1.165, 1.54) is 16.4 Å². The predicted octanol–water partition coefficient (Wildman–Crippen LogP) is 3.10. The molecule has 8 heteroatoms. The van der Waals surface area contributed by atoms with Gasteiger partial charge in [0.15, 0.2) is 0 Å². The summed E-state index contributed by atoms with van der Waals surface area (Å²) in [7, 11) is 0. The number of hydrogen-bond donors (Lipinski definition) is 2. The number of aromatic hydroxyl groups is 1. The topological polar surface area (TPSA) is 92.9 Å². The molecule has 0 spiro atoms. The van der Waals surface area contributed by atoms with Crippen LogP contribution in [0.2, 0.25) is 0 Å². The van der Waals surface area contributed by atoms with Crippen LogP contribution in [0.5, 0.6) is 5.75 Å². The summed E-state index contributed by atoms with van der Waals surface area (Å²) in [6.07, 6.45) is 0. The van der Waals surface area contributed by atoms with Crippen molar-refractivity contribution in [2.45, 2.75) is 31.2 Å². The second-order valence-electron chi connectivity index (χ2n) is 5.91. The number of para-hydroxylation sites is 1. The van der Waals surface area contributed by atoms with Gasteiger partial charge in [-0.3, -0.25) is 4.79 Å². The van der Waals surface area contributed by atoms with Crippen molar-refractivity contribution in [1.82, 2.24) is 20.2 Å². The van der Waals surface area contributed by atoms with E-state index >= 15 is 0 Å². The first-order chi connectivity index (χ1) is 12.5. The van der Waals surface area contributed by atoms with Gasteiger partial charge in [0.2, 0.25) is 11.1 Å². The van der Waals surface area contributed by atoms with Gasteiger partial charge in [-0.25, -0.2) is 0 Å². The molecule has 26 heavy (non-hydrogen) atoms. The molecule has 7 nitrogen and oxygen atoms in total. The van der Waals surface area contributed by atoms with Crippen molar-refractivity contribution in [3.8, 4) is 11.4 Å². The molecule has 0 fully saturated rings. The van der Waals surface area contributed by atoms with Crippen LogP contribution in [0, 0.1) is 13.8 Å². The summed E-state index contributed by atoms with van der Waals surface area (Å²) in [6.45, 7) is 5.74. The third-order valence-corrected chi connectivity index (χ3v) is 4.95. The highest BCUT2D eigenvalue weighted by Crippen LogP contribution is 2.26. The van der Waals surface area contributed by atoms with E-state index in [-0.39, 0.29) is 11.7 Å². The molecule has 0 radical (unpaired) electrons. The number of rotatable bonds is 5. The summed E-state index contributed by atoms with van der Waals surface area (Å²) in [5, 5.41) is 24.2. The second kappa shape index (κ2) is 7.57. The number of nitrogens with one attached hydrogen (secondary N) is 1. The fraction of sp³-hybridized carbons (Fsp3) is 0.222. The molecule has 134 valence electrons. The zero-order valence-electron chi connectivity index (χ0n) is 14.7. The molecule has 3 rings (SSSR count). The lowest BCUT2D eigenvalue weighted by atomic mass is 10.1. The summed E-state index contributed by atoms with van der Waals surface area (Å²) < 4.78 is 1.53. The van der Waals surface area contributed by atoms with Gasteiger partial charge < -0.3 is 10.4 Å². The Balaban J connectivity index is 1.74. The van der Waals surface area contributed by atoms with E-state index in [1.54, 1.807) is 24.3 Å². The third-order valence-electron chi connectivity index (χ3n) is 3.92. The number of carbonyl (C=O) groups excluding carboxylic acids is 1. The van der Waals surface area contributed by atoms with E-state index in [2.05, 4.69) is 20.8 Å². The number of tetrazole rings is 1. The molecule has 0 aliphatic carbocycles. The lowest BCUT2D eigenvalue weighted by Gasteiger charge is -2.15. The first-order valence-corrected chi connectivity index (χ1v) is 8.95. The minimum atomic E-state index is -0.393. The molecule has 1 amide bonds. The monoisotopic (exact) mass is 369 g/mol. The summed E-state index contributed by atoms with van der Waals surface area (Å²) in [6, 6.07) is 12.4. The number of benzene rings is 2. The lowest BCUT2D eigenvalue weighted by Crippen LogP contribution is -2.23. The van der Waals surface area contributed by atoms with E-state index < -0.39 is 5.25 Å². The second-order valence-corrected chi connectivity index (χ2v) is 7.21. The standard InChI is InChI=1S/C18H19N5O2S/c1-11-5-4-6-12(2)16(11)19-17(25)13(3)26-18-20-21-22-23(18)14-7-9-15(24)10-8-14/h4-10,13,24H,1-3H3,(H,19,25). The summed E-state index contributed by atoms with van der Waals surface area (Å²) in [5.74, 6) is 0.0463. The van der Waals surface area contributed by atoms with E-state index in [1.807, 2.05) is 39.0 Å². The lowest BCUT2D eigenvalue weighted by molar-refractivity contribution is -0.115. The highest BCUT2D eigenvalue weighted by atomic mass is 32.2. The number of anilines is 1. The molecular weight excluding hydrogens is 350 g/mol. The van der Waals surface area contributed by atoms with Gasteiger partial charge in [-0.2, -0.15) is 4.68 Å². The molecule has 1 aromatic heterocycles. The normalized spacial score (nSPS) is 12.0. The fourth-order valence-electron chi connectivity index (χ4n) is 2.46. The highest BCUT2D eigenvalue weighted by molar-refractivity contribution is 8.00. The average molecular weight is 369 g/mol. The Morgan fingerprint density at radius 3 is 2.46 bits per heavy atom. The average Bonchev–Trinajstić information content (AvgIpc) is 3.07. The van der Waals surface area contributed by atoms with Crippen molar-refractivity contribution < 1.29 is 9.90 Å². The number of amides is 1. The number of nitrogens with zero attached hydrogens (tertiary/aromatic N) is 4. The third kappa shape index (κ3) is 3.85. The molecule has 0 aliphatic rings. The molecule has 0 aliphatic heterocycles. The predicted molar refractivity (Wildman–Crippen MR) is 101 cm³/mol. The van der Waals surface area contributed by atoms with Crippen LogP contribution in [0.15, 0.2) is 47.6 Å². The van der Waals surface area contributed by atoms with Gasteiger partial charge in [-0.1, -0.05) is 30.0 Å². The molecule has 0 saturated heterocycles. The molecule has 1 unspecified atom stereocenters. The van der Waals surface area contributed by atoms with E-state index in [0.717, 1.165) is 16.8 Å². The van der Waals surface area contributed by atoms with Gasteiger partial charge in [-0.15, -0.1) is 5.10 Å². The van der Waals surface area contributed by atoms with Crippen LogP contribution in [0.3, 0.4) is 0 Å². The minimum absolute atomic E-state index is 0.118. The fourth-order valence-corrected chi connectivity index (χ4v) is 3.26. The Kier molecular flexibility index (Phi) is 5.22. The van der Waals surface area contributed by atoms with Crippen molar-refractivity contribution in [1.29, 1.82) is 0 Å². The van der Waals surface area contributed by atoms with E-state index in [0.29, 0.717) is 10.8 Å². The van der Waals surface area contributed by atoms with Gasteiger partial charge in [-0.05, 0) is 66.6 Å². The van der Waals surface area contributed by atoms with Gasteiger partial charge >= 0.3 is 0 Å². The van der Waals surface area contributed by atoms with Crippen molar-refractivity contribution >= 4 is 23.4 Å². The number of hydrogen-bond acceptors (Lipinski definition) is 6. The van der Waals surface area contributed by atoms with Crippen LogP contribution in [0.4, 0.5) is 5.69 Å². The Morgan fingerprint density at radius 2 is 1.81 bits per heavy atom. The number of aromatic nitrogens is 4. The molecule has 1 heterocycles. The summed E-state index contributed by atoms with van der Waals surface area (Å²) >= 11 is 1.27. The van der Waals surface area contributed by atoms with Crippen LogP contribution >= 0.6 is 11.8 Å². The zero-order chi connectivity index (χ0) is 18.7. The van der Waals surface area contributed by atoms with Crippen LogP contribution in [0.25, 0.3) is 5.69 Å². The molecule has 3 aromatic rings. The van der Waals surface area contributed by atoms with Crippen LogP contribution in [-0.2, 0) is 4.79 Å². The molecule has 1 atom stereocenters. The number of phenolic OH excluding ortho intramolecular Hbond substituents is 1. The maximum absolute atomic E-state index is 12.6. The van der Waals surface area contributed by atoms with Gasteiger partial charge in [0.05, 0.1) is 10.9 Å². The number of thioether (sulfide) groups is 1. The first-order valence-electron chi connectivity index (χ1n) is 8.07. The quantitative estimate of drug-likeness (QED) is 0.671. The molecule has 0 bridgehead atoms. The van der Waals surface area contributed by atoms with Crippen LogP contribution in [-0.4, -0.2) is 36.5 Å². The molecular formula is C18H19N5O2S. The summed E-state index contributed by atoms with van der Waals surface area (Å²) in [5.41, 5.74) is 3.58. The molecule has 2 N–H and O–H groups in total. The zero-order valence-corrected chi connectivity index (χ0v) is 15.5. The van der Waals surface area contributed by atoms with Crippen molar-refractivity contribution in [2.24, 2.45) is 0 Å². The molecule has 2 aromatic carbocycles. The van der Waals surface area contributed by atoms with Crippen molar-refractivity contribution in [3.05, 3.63) is 53.6 Å². The maximum atomic E-state index is 12.6. The van der Waals surface area contributed by atoms with Crippen LogP contribution in [0.1, 0.15) is 18.1 Å². The highest BCUT2D eigenvalue weighted by Gasteiger charge is 2.20. The smallest absolute Gasteiger partial charge is 0.237 e. The van der Waals surface area contributed by atoms with Crippen molar-refractivity contribution in [3.63, 3.8) is 0 Å². The van der Waals surface area contributed by atoms with Gasteiger partial charge in [0.25, 0.3) is 0 Å². The maximum Gasteiger partial charge on any atom is 0.237 e. The Bertz CT molecular complexity index is 903. The SMILES string of the molecule is Cc1cccc(C)c1NC(=O)C(C)Sc1nnnn1-c1ccc(O)cc1. The molecule has 0 saturated carbocycles. The number of aryl methyl sites for hydroxylation is 2. The van der Waals surface area contributed by atoms with Gasteiger partial charge in [0, 0.05) is 5.69 Å². The Hall–Kier alpha value is -2.87. The van der Waals surface area contributed by atoms with Crippen LogP contribution < -0.4 is 5.32 Å². The van der Waals surface area contributed by atoms with E-state index in [4.69, 9.17) is 0 Å². The first kappa shape index (κ1) is 17.9. The van der Waals surface area contributed by atoms with Gasteiger partial charge in [0.1, 0.15) is 5.75 Å². The minimum Gasteiger partial charge on any atom is -0.508 e. The Morgan fingerprint density at radius 1 is 1.15 bits per heavy atom. The Labute approximate surface area is 155 Å².